The second-order valence-corrected chi connectivity index (χ2v) is 4.90. The van der Waals surface area contributed by atoms with Crippen molar-refractivity contribution in [1.82, 2.24) is 0 Å². The maximum absolute atomic E-state index is 5.58. The van der Waals surface area contributed by atoms with Gasteiger partial charge in [-0.15, -0.1) is 0 Å². The Bertz CT molecular complexity index is 205. The normalized spacial score (nSPS) is 18.6. The molecule has 0 aliphatic carbocycles. The summed E-state index contributed by atoms with van der Waals surface area (Å²) in [6, 6.07) is 0. The largest absolute Gasteiger partial charge is 0.382 e. The lowest BCUT2D eigenvalue weighted by atomic mass is 9.94. The molecule has 6 heteroatoms. The van der Waals surface area contributed by atoms with E-state index in [0.29, 0.717) is 66.3 Å². The summed E-state index contributed by atoms with van der Waals surface area (Å²) in [6.45, 7) is 8.01. The zero-order valence-corrected chi connectivity index (χ0v) is 12.0. The zero-order valence-electron chi connectivity index (χ0n) is 12.0. The molecule has 0 spiro atoms. The molecule has 1 saturated heterocycles. The first-order valence-electron chi connectivity index (χ1n) is 6.64. The molecule has 0 atom stereocenters. The van der Waals surface area contributed by atoms with Crippen LogP contribution in [0.4, 0.5) is 0 Å². The van der Waals surface area contributed by atoms with E-state index < -0.39 is 0 Å². The second-order valence-electron chi connectivity index (χ2n) is 4.90. The van der Waals surface area contributed by atoms with Crippen LogP contribution in [0, 0.1) is 5.41 Å². The minimum absolute atomic E-state index is 0.0402. The summed E-state index contributed by atoms with van der Waals surface area (Å²) < 4.78 is 31.6. The van der Waals surface area contributed by atoms with Gasteiger partial charge in [-0.25, -0.2) is 0 Å². The van der Waals surface area contributed by atoms with E-state index in [1.807, 2.05) is 0 Å². The summed E-state index contributed by atoms with van der Waals surface area (Å²) >= 11 is 0. The maximum Gasteiger partial charge on any atom is 0.146 e. The van der Waals surface area contributed by atoms with Gasteiger partial charge in [-0.3, -0.25) is 0 Å². The molecule has 0 aromatic heterocycles. The molecule has 0 N–H and O–H groups in total. The van der Waals surface area contributed by atoms with Crippen LogP contribution in [0.25, 0.3) is 0 Å². The fraction of sp³-hybridized carbons (Fsp3) is 1.00. The van der Waals surface area contributed by atoms with Gasteiger partial charge in [0.05, 0.1) is 59.5 Å². The fourth-order valence-corrected chi connectivity index (χ4v) is 1.66. The highest BCUT2D eigenvalue weighted by Crippen LogP contribution is 2.21. The van der Waals surface area contributed by atoms with Gasteiger partial charge in [0.25, 0.3) is 0 Å². The number of rotatable bonds is 11. The highest BCUT2D eigenvalue weighted by atomic mass is 16.7. The third-order valence-electron chi connectivity index (χ3n) is 2.69. The van der Waals surface area contributed by atoms with Crippen LogP contribution in [0.3, 0.4) is 0 Å². The van der Waals surface area contributed by atoms with Gasteiger partial charge in [-0.2, -0.15) is 0 Å². The van der Waals surface area contributed by atoms with Gasteiger partial charge in [0.1, 0.15) is 6.79 Å². The highest BCUT2D eigenvalue weighted by molar-refractivity contribution is 4.74. The van der Waals surface area contributed by atoms with Crippen LogP contribution in [0.5, 0.6) is 0 Å². The van der Waals surface area contributed by atoms with Crippen molar-refractivity contribution in [2.75, 3.05) is 73.4 Å². The van der Waals surface area contributed by atoms with Crippen LogP contribution in [-0.2, 0) is 28.4 Å². The standard InChI is InChI=1S/C13H26O6/c1-13(10-18-12-19-11-13)9-17-8-7-16-6-5-15-4-3-14-2/h3-12H2,1-2H3. The molecule has 19 heavy (non-hydrogen) atoms. The van der Waals surface area contributed by atoms with E-state index in [1.165, 1.54) is 0 Å². The summed E-state index contributed by atoms with van der Waals surface area (Å²) in [6.07, 6.45) is 0. The van der Waals surface area contributed by atoms with Crippen LogP contribution < -0.4 is 0 Å². The number of ether oxygens (including phenoxy) is 6. The predicted molar refractivity (Wildman–Crippen MR) is 69.2 cm³/mol. The molecule has 6 nitrogen and oxygen atoms in total. The Kier molecular flexibility index (Phi) is 9.32. The first-order valence-corrected chi connectivity index (χ1v) is 6.64. The average molecular weight is 278 g/mol. The third kappa shape index (κ3) is 8.52. The molecule has 0 bridgehead atoms. The molecule has 0 amide bonds. The lowest BCUT2D eigenvalue weighted by molar-refractivity contribution is -0.176. The van der Waals surface area contributed by atoms with Crippen LogP contribution >= 0.6 is 0 Å². The van der Waals surface area contributed by atoms with E-state index >= 15 is 0 Å². The van der Waals surface area contributed by atoms with Crippen LogP contribution in [0.15, 0.2) is 0 Å². The Morgan fingerprint density at radius 3 is 1.95 bits per heavy atom. The van der Waals surface area contributed by atoms with Crippen molar-refractivity contribution in [2.24, 2.45) is 5.41 Å². The lowest BCUT2D eigenvalue weighted by Crippen LogP contribution is -2.39. The lowest BCUT2D eigenvalue weighted by Gasteiger charge is -2.32. The maximum atomic E-state index is 5.58. The minimum Gasteiger partial charge on any atom is -0.382 e. The predicted octanol–water partition coefficient (Wildman–Crippen LogP) is 0.693. The molecule has 1 rings (SSSR count). The molecule has 1 fully saturated rings. The molecule has 114 valence electrons. The summed E-state index contributed by atoms with van der Waals surface area (Å²) in [5, 5.41) is 0. The molecule has 1 aliphatic heterocycles. The van der Waals surface area contributed by atoms with E-state index in [0.717, 1.165) is 0 Å². The number of hydrogen-bond donors (Lipinski definition) is 0. The van der Waals surface area contributed by atoms with Gasteiger partial charge in [0.15, 0.2) is 0 Å². The van der Waals surface area contributed by atoms with Gasteiger partial charge in [0.2, 0.25) is 0 Å². The van der Waals surface area contributed by atoms with Crippen LogP contribution in [0.1, 0.15) is 6.92 Å². The molecule has 0 unspecified atom stereocenters. The Morgan fingerprint density at radius 2 is 1.37 bits per heavy atom. The Morgan fingerprint density at radius 1 is 0.842 bits per heavy atom. The van der Waals surface area contributed by atoms with Crippen LogP contribution in [0.2, 0.25) is 0 Å². The second kappa shape index (κ2) is 10.5. The average Bonchev–Trinajstić information content (AvgIpc) is 2.42. The van der Waals surface area contributed by atoms with Gasteiger partial charge in [-0.1, -0.05) is 6.92 Å². The first-order chi connectivity index (χ1) is 9.27. The molecular formula is C13H26O6. The minimum atomic E-state index is -0.0402. The number of methoxy groups -OCH3 is 1. The Hall–Kier alpha value is -0.240. The van der Waals surface area contributed by atoms with Crippen LogP contribution in [-0.4, -0.2) is 73.4 Å². The van der Waals surface area contributed by atoms with Crippen molar-refractivity contribution in [3.05, 3.63) is 0 Å². The van der Waals surface area contributed by atoms with Gasteiger partial charge >= 0.3 is 0 Å². The topological polar surface area (TPSA) is 55.4 Å². The Balaban J connectivity index is 1.83. The van der Waals surface area contributed by atoms with E-state index in [2.05, 4.69) is 6.92 Å². The van der Waals surface area contributed by atoms with E-state index in [4.69, 9.17) is 28.4 Å². The van der Waals surface area contributed by atoms with Gasteiger partial charge < -0.3 is 28.4 Å². The van der Waals surface area contributed by atoms with E-state index in [9.17, 15) is 0 Å². The molecular weight excluding hydrogens is 252 g/mol. The third-order valence-corrected chi connectivity index (χ3v) is 2.69. The van der Waals surface area contributed by atoms with E-state index in [1.54, 1.807) is 7.11 Å². The van der Waals surface area contributed by atoms with Crippen molar-refractivity contribution in [1.29, 1.82) is 0 Å². The summed E-state index contributed by atoms with van der Waals surface area (Å²) in [5.41, 5.74) is -0.0402. The molecule has 0 saturated carbocycles. The van der Waals surface area contributed by atoms with Gasteiger partial charge in [0, 0.05) is 12.5 Å². The molecule has 0 aromatic carbocycles. The van der Waals surface area contributed by atoms with Gasteiger partial charge in [-0.05, 0) is 0 Å². The summed E-state index contributed by atoms with van der Waals surface area (Å²) in [4.78, 5) is 0. The Labute approximate surface area is 115 Å². The summed E-state index contributed by atoms with van der Waals surface area (Å²) in [7, 11) is 1.65. The van der Waals surface area contributed by atoms with Crippen molar-refractivity contribution < 1.29 is 28.4 Å². The quantitative estimate of drug-likeness (QED) is 0.518. The van der Waals surface area contributed by atoms with Crippen molar-refractivity contribution in [3.8, 4) is 0 Å². The van der Waals surface area contributed by atoms with E-state index in [-0.39, 0.29) is 5.41 Å². The summed E-state index contributed by atoms with van der Waals surface area (Å²) in [5.74, 6) is 0. The monoisotopic (exact) mass is 278 g/mol. The zero-order chi connectivity index (χ0) is 13.8. The van der Waals surface area contributed by atoms with Crippen molar-refractivity contribution in [2.45, 2.75) is 6.92 Å². The first kappa shape index (κ1) is 16.8. The number of hydrogen-bond acceptors (Lipinski definition) is 6. The van der Waals surface area contributed by atoms with Crippen molar-refractivity contribution in [3.63, 3.8) is 0 Å². The SMILES string of the molecule is COCCOCCOCCOCC1(C)COCOC1. The fourth-order valence-electron chi connectivity index (χ4n) is 1.66. The molecule has 1 aliphatic rings. The smallest absolute Gasteiger partial charge is 0.146 e. The molecule has 0 aromatic rings. The molecule has 0 radical (unpaired) electrons. The highest BCUT2D eigenvalue weighted by Gasteiger charge is 2.28. The molecule has 1 heterocycles. The van der Waals surface area contributed by atoms with Crippen molar-refractivity contribution >= 4 is 0 Å².